The fraction of sp³-hybridized carbons (Fsp3) is 0.333. The van der Waals surface area contributed by atoms with E-state index in [1.807, 2.05) is 18.2 Å². The quantitative estimate of drug-likeness (QED) is 0.188. The van der Waals surface area contributed by atoms with E-state index in [0.717, 1.165) is 42.9 Å². The molecule has 0 atom stereocenters. The molecule has 0 saturated heterocycles. The highest BCUT2D eigenvalue weighted by Crippen LogP contribution is 2.45. The number of aromatic nitrogens is 1. The Balaban J connectivity index is 1.76. The van der Waals surface area contributed by atoms with E-state index in [-0.39, 0.29) is 22.1 Å². The first-order chi connectivity index (χ1) is 18.5. The van der Waals surface area contributed by atoms with Gasteiger partial charge in [0.1, 0.15) is 5.82 Å². The van der Waals surface area contributed by atoms with Crippen LogP contribution in [0.15, 0.2) is 59.1 Å². The molecule has 6 aromatic rings. The van der Waals surface area contributed by atoms with Crippen molar-refractivity contribution in [1.29, 1.82) is 0 Å². The average Bonchev–Trinajstić information content (AvgIpc) is 3.33. The zero-order chi connectivity index (χ0) is 29.1. The predicted octanol–water partition coefficient (Wildman–Crippen LogP) is 10.9. The molecular formula is C36H38BrFN2. The molecule has 0 aliphatic heterocycles. The van der Waals surface area contributed by atoms with Crippen molar-refractivity contribution in [3.63, 3.8) is 0 Å². The highest BCUT2D eigenvalue weighted by molar-refractivity contribution is 9.10. The molecule has 2 N–H and O–H groups in total. The molecule has 0 aliphatic rings. The summed E-state index contributed by atoms with van der Waals surface area (Å²) >= 11 is 3.64. The number of fused-ring (bicyclic) bond motifs is 6. The van der Waals surface area contributed by atoms with Crippen LogP contribution in [0, 0.1) is 5.82 Å². The van der Waals surface area contributed by atoms with Gasteiger partial charge in [-0.15, -0.1) is 0 Å². The van der Waals surface area contributed by atoms with Crippen LogP contribution < -0.4 is 5.73 Å². The number of hydrogen-bond acceptors (Lipinski definition) is 1. The van der Waals surface area contributed by atoms with Gasteiger partial charge in [0.25, 0.3) is 0 Å². The summed E-state index contributed by atoms with van der Waals surface area (Å²) in [6, 6.07) is 19.2. The summed E-state index contributed by atoms with van der Waals surface area (Å²) in [6.45, 7) is 20.0. The molecule has 6 rings (SSSR count). The molecule has 4 heteroatoms. The molecule has 0 aliphatic carbocycles. The normalized spacial score (nSPS) is 13.5. The van der Waals surface area contributed by atoms with E-state index in [2.05, 4.69) is 113 Å². The largest absolute Gasteiger partial charge is 0.397 e. The van der Waals surface area contributed by atoms with Gasteiger partial charge in [-0.1, -0.05) is 68.4 Å². The van der Waals surface area contributed by atoms with Crippen molar-refractivity contribution in [3.8, 4) is 11.1 Å². The summed E-state index contributed by atoms with van der Waals surface area (Å²) in [6.07, 6.45) is 0. The van der Waals surface area contributed by atoms with Crippen molar-refractivity contribution in [3.05, 3.63) is 81.6 Å². The third-order valence-electron chi connectivity index (χ3n) is 8.50. The van der Waals surface area contributed by atoms with Crippen molar-refractivity contribution in [2.24, 2.45) is 0 Å². The van der Waals surface area contributed by atoms with E-state index in [1.54, 1.807) is 6.07 Å². The van der Waals surface area contributed by atoms with Gasteiger partial charge in [-0.25, -0.2) is 4.39 Å². The second kappa shape index (κ2) is 8.45. The Labute approximate surface area is 244 Å². The van der Waals surface area contributed by atoms with Crippen molar-refractivity contribution >= 4 is 59.7 Å². The van der Waals surface area contributed by atoms with Crippen LogP contribution in [-0.2, 0) is 16.2 Å². The van der Waals surface area contributed by atoms with Crippen LogP contribution in [0.25, 0.3) is 49.2 Å². The minimum absolute atomic E-state index is 0.0336. The molecule has 4 aromatic carbocycles. The van der Waals surface area contributed by atoms with Gasteiger partial charge in [-0.2, -0.15) is 0 Å². The lowest BCUT2D eigenvalue weighted by molar-refractivity contribution is 0.590. The smallest absolute Gasteiger partial charge is 0.133 e. The Kier molecular flexibility index (Phi) is 5.72. The highest BCUT2D eigenvalue weighted by atomic mass is 79.9. The fourth-order valence-electron chi connectivity index (χ4n) is 5.95. The molecule has 2 nitrogen and oxygen atoms in total. The molecule has 0 bridgehead atoms. The van der Waals surface area contributed by atoms with E-state index in [0.29, 0.717) is 11.3 Å². The van der Waals surface area contributed by atoms with Gasteiger partial charge in [0.05, 0.1) is 22.2 Å². The Morgan fingerprint density at radius 3 is 1.70 bits per heavy atom. The Bertz CT molecular complexity index is 1970. The van der Waals surface area contributed by atoms with E-state index in [1.165, 1.54) is 21.9 Å². The van der Waals surface area contributed by atoms with Gasteiger partial charge in [0.2, 0.25) is 0 Å². The summed E-state index contributed by atoms with van der Waals surface area (Å²) < 4.78 is 19.2. The van der Waals surface area contributed by atoms with E-state index in [4.69, 9.17) is 5.73 Å². The van der Waals surface area contributed by atoms with Gasteiger partial charge in [0.15, 0.2) is 0 Å². The number of benzene rings is 4. The summed E-state index contributed by atoms with van der Waals surface area (Å²) in [5.41, 5.74) is 15.1. The van der Waals surface area contributed by atoms with Crippen LogP contribution >= 0.6 is 15.9 Å². The molecule has 40 heavy (non-hydrogen) atoms. The fourth-order valence-corrected chi connectivity index (χ4v) is 6.41. The predicted molar refractivity (Wildman–Crippen MR) is 175 cm³/mol. The molecule has 0 spiro atoms. The maximum atomic E-state index is 16.2. The molecule has 0 saturated carbocycles. The van der Waals surface area contributed by atoms with E-state index < -0.39 is 0 Å². The lowest BCUT2D eigenvalue weighted by Gasteiger charge is -2.22. The second-order valence-corrected chi connectivity index (χ2v) is 15.4. The van der Waals surface area contributed by atoms with Crippen molar-refractivity contribution < 1.29 is 4.39 Å². The standard InChI is InChI=1S/C36H38BrFN2/c1-34(2,3)19-10-11-30-23(12-19)26-14-20(35(4,5)6)15-27-24-17-22(29(38)18-31(24)40(30)33(26)27)25-13-21(36(7,8)9)16-28(37)32(25)39/h10-18H,39H2,1-9H3. The number of halogens is 2. The molecule has 0 unspecified atom stereocenters. The van der Waals surface area contributed by atoms with Crippen LogP contribution in [0.2, 0.25) is 0 Å². The highest BCUT2D eigenvalue weighted by Gasteiger charge is 2.26. The SMILES string of the molecule is CC(C)(C)c1cc(Br)c(N)c(-c2cc3c4cc(C(C)(C)C)cc5c6cc(C(C)(C)C)ccc6n(c3cc2F)c54)c1. The topological polar surface area (TPSA) is 30.4 Å². The number of nitrogens with two attached hydrogens (primary N) is 1. The first-order valence-corrected chi connectivity index (χ1v) is 14.8. The summed E-state index contributed by atoms with van der Waals surface area (Å²) in [5.74, 6) is -0.270. The maximum absolute atomic E-state index is 16.2. The minimum Gasteiger partial charge on any atom is -0.397 e. The average molecular weight is 598 g/mol. The van der Waals surface area contributed by atoms with Crippen LogP contribution in [0.1, 0.15) is 79.0 Å². The zero-order valence-corrected chi connectivity index (χ0v) is 26.6. The minimum atomic E-state index is -0.270. The van der Waals surface area contributed by atoms with Crippen LogP contribution in [0.5, 0.6) is 0 Å². The summed E-state index contributed by atoms with van der Waals surface area (Å²) in [4.78, 5) is 0. The summed E-state index contributed by atoms with van der Waals surface area (Å²) in [7, 11) is 0. The number of anilines is 1. The van der Waals surface area contributed by atoms with Gasteiger partial charge >= 0.3 is 0 Å². The maximum Gasteiger partial charge on any atom is 0.133 e. The molecule has 0 fully saturated rings. The molecule has 0 radical (unpaired) electrons. The van der Waals surface area contributed by atoms with Gasteiger partial charge < -0.3 is 10.1 Å². The Morgan fingerprint density at radius 2 is 1.12 bits per heavy atom. The van der Waals surface area contributed by atoms with Crippen LogP contribution in [0.4, 0.5) is 10.1 Å². The summed E-state index contributed by atoms with van der Waals surface area (Å²) in [5, 5.41) is 4.63. The number of rotatable bonds is 1. The Morgan fingerprint density at radius 1 is 0.600 bits per heavy atom. The second-order valence-electron chi connectivity index (χ2n) is 14.5. The van der Waals surface area contributed by atoms with E-state index in [9.17, 15) is 0 Å². The third kappa shape index (κ3) is 4.02. The van der Waals surface area contributed by atoms with Crippen molar-refractivity contribution in [2.45, 2.75) is 78.6 Å². The lowest BCUT2D eigenvalue weighted by Crippen LogP contribution is -2.12. The zero-order valence-electron chi connectivity index (χ0n) is 25.0. The third-order valence-corrected chi connectivity index (χ3v) is 9.15. The first-order valence-electron chi connectivity index (χ1n) is 14.0. The van der Waals surface area contributed by atoms with Crippen LogP contribution in [0.3, 0.4) is 0 Å². The van der Waals surface area contributed by atoms with Gasteiger partial charge in [0, 0.05) is 37.1 Å². The monoisotopic (exact) mass is 596 g/mol. The van der Waals surface area contributed by atoms with Crippen LogP contribution in [-0.4, -0.2) is 4.40 Å². The van der Waals surface area contributed by atoms with Crippen molar-refractivity contribution in [1.82, 2.24) is 4.40 Å². The molecule has 206 valence electrons. The molecule has 2 heterocycles. The van der Waals surface area contributed by atoms with Gasteiger partial charge in [-0.05, 0) is 97.4 Å². The molecule has 0 amide bonds. The number of nitrogen functional groups attached to an aromatic ring is 1. The Hall–Kier alpha value is -3.11. The number of hydrogen-bond donors (Lipinski definition) is 1. The molecule has 2 aromatic heterocycles. The lowest BCUT2D eigenvalue weighted by atomic mass is 9.84. The first kappa shape index (κ1) is 27.1. The van der Waals surface area contributed by atoms with Gasteiger partial charge in [-0.3, -0.25) is 0 Å². The van der Waals surface area contributed by atoms with E-state index >= 15 is 4.39 Å². The molecular weight excluding hydrogens is 559 g/mol. The van der Waals surface area contributed by atoms with Crippen molar-refractivity contribution in [2.75, 3.05) is 5.73 Å². The number of nitrogens with zero attached hydrogens (tertiary/aromatic N) is 1.